The molecule has 0 bridgehead atoms. The summed E-state index contributed by atoms with van der Waals surface area (Å²) in [5.41, 5.74) is 2.33. The van der Waals surface area contributed by atoms with Crippen LogP contribution in [0.4, 0.5) is 17.5 Å². The summed E-state index contributed by atoms with van der Waals surface area (Å²) in [6, 6.07) is 7.58. The number of aryl methyl sites for hydroxylation is 1. The summed E-state index contributed by atoms with van der Waals surface area (Å²) in [5.74, 6) is 2.14. The summed E-state index contributed by atoms with van der Waals surface area (Å²) in [7, 11) is 3.97. The van der Waals surface area contributed by atoms with E-state index in [9.17, 15) is 9.59 Å². The smallest absolute Gasteiger partial charge is 0.251 e. The summed E-state index contributed by atoms with van der Waals surface area (Å²) < 4.78 is 0. The van der Waals surface area contributed by atoms with Gasteiger partial charge in [0.15, 0.2) is 0 Å². The van der Waals surface area contributed by atoms with Gasteiger partial charge in [0, 0.05) is 55.6 Å². The average Bonchev–Trinajstić information content (AvgIpc) is 3.40. The Hall–Kier alpha value is -3.16. The van der Waals surface area contributed by atoms with E-state index in [1.54, 1.807) is 12.1 Å². The second-order valence-corrected chi connectivity index (χ2v) is 10.2. The molecule has 188 valence electrons. The Kier molecular flexibility index (Phi) is 8.21. The van der Waals surface area contributed by atoms with Crippen molar-refractivity contribution in [1.82, 2.24) is 15.3 Å². The van der Waals surface area contributed by atoms with Crippen LogP contribution in [0.5, 0.6) is 0 Å². The lowest BCUT2D eigenvalue weighted by Crippen LogP contribution is -2.34. The highest BCUT2D eigenvalue weighted by Gasteiger charge is 2.24. The molecular formula is C27H38N6O2. The van der Waals surface area contributed by atoms with Gasteiger partial charge >= 0.3 is 0 Å². The molecule has 2 fully saturated rings. The molecule has 2 aliphatic carbocycles. The van der Waals surface area contributed by atoms with Crippen molar-refractivity contribution in [1.29, 1.82) is 0 Å². The van der Waals surface area contributed by atoms with Crippen molar-refractivity contribution in [3.8, 4) is 0 Å². The molecule has 3 N–H and O–H groups in total. The molecule has 8 heteroatoms. The number of hydrogen-bond acceptors (Lipinski definition) is 6. The second-order valence-electron chi connectivity index (χ2n) is 10.2. The van der Waals surface area contributed by atoms with Crippen LogP contribution in [0.15, 0.2) is 30.5 Å². The van der Waals surface area contributed by atoms with E-state index in [0.717, 1.165) is 62.7 Å². The lowest BCUT2D eigenvalue weighted by Gasteiger charge is -2.29. The molecule has 35 heavy (non-hydrogen) atoms. The van der Waals surface area contributed by atoms with Gasteiger partial charge in [0.05, 0.1) is 0 Å². The zero-order valence-electron chi connectivity index (χ0n) is 21.1. The fourth-order valence-corrected chi connectivity index (χ4v) is 5.16. The normalized spacial score (nSPS) is 20.3. The number of rotatable bonds is 8. The van der Waals surface area contributed by atoms with E-state index in [1.807, 2.05) is 44.2 Å². The molecule has 2 amide bonds. The van der Waals surface area contributed by atoms with Crippen molar-refractivity contribution < 1.29 is 9.59 Å². The topological polar surface area (TPSA) is 99.2 Å². The van der Waals surface area contributed by atoms with Gasteiger partial charge < -0.3 is 20.9 Å². The molecule has 0 radical (unpaired) electrons. The Morgan fingerprint density at radius 2 is 1.80 bits per heavy atom. The van der Waals surface area contributed by atoms with Crippen LogP contribution in [0.2, 0.25) is 0 Å². The van der Waals surface area contributed by atoms with Crippen LogP contribution in [0.3, 0.4) is 0 Å². The molecular weight excluding hydrogens is 440 g/mol. The van der Waals surface area contributed by atoms with E-state index in [0.29, 0.717) is 35.7 Å². The molecule has 0 spiro atoms. The maximum absolute atomic E-state index is 12.7. The van der Waals surface area contributed by atoms with Crippen LogP contribution in [0.1, 0.15) is 67.3 Å². The Labute approximate surface area is 208 Å². The number of nitrogens with zero attached hydrogens (tertiary/aromatic N) is 3. The van der Waals surface area contributed by atoms with Crippen molar-refractivity contribution in [2.45, 2.75) is 64.3 Å². The number of hydrogen-bond donors (Lipinski definition) is 3. The third-order valence-corrected chi connectivity index (χ3v) is 7.22. The van der Waals surface area contributed by atoms with Crippen molar-refractivity contribution in [3.63, 3.8) is 0 Å². The monoisotopic (exact) mass is 478 g/mol. The summed E-state index contributed by atoms with van der Waals surface area (Å²) >= 11 is 0. The van der Waals surface area contributed by atoms with E-state index >= 15 is 0 Å². The van der Waals surface area contributed by atoms with Gasteiger partial charge in [0.2, 0.25) is 11.9 Å². The fourth-order valence-electron chi connectivity index (χ4n) is 5.16. The van der Waals surface area contributed by atoms with Crippen LogP contribution < -0.4 is 20.9 Å². The van der Waals surface area contributed by atoms with Crippen LogP contribution in [0.25, 0.3) is 0 Å². The zero-order chi connectivity index (χ0) is 24.8. The number of anilines is 3. The minimum absolute atomic E-state index is 0.0689. The average molecular weight is 479 g/mol. The second kappa shape index (κ2) is 11.5. The van der Waals surface area contributed by atoms with E-state index in [4.69, 9.17) is 0 Å². The number of benzene rings is 1. The third-order valence-electron chi connectivity index (χ3n) is 7.22. The molecule has 1 aromatic heterocycles. The first-order valence-electron chi connectivity index (χ1n) is 12.9. The molecule has 1 heterocycles. The van der Waals surface area contributed by atoms with Crippen LogP contribution in [-0.2, 0) is 4.79 Å². The molecule has 2 saturated carbocycles. The zero-order valence-corrected chi connectivity index (χ0v) is 21.1. The molecule has 0 atom stereocenters. The lowest BCUT2D eigenvalue weighted by atomic mass is 9.86. The number of amides is 2. The summed E-state index contributed by atoms with van der Waals surface area (Å²) in [4.78, 5) is 36.2. The molecule has 2 aromatic rings. The maximum atomic E-state index is 12.7. The van der Waals surface area contributed by atoms with Crippen LogP contribution >= 0.6 is 0 Å². The standard InChI is InChI=1S/C27H38N6O2/c1-18-16-29-27(32-24(18)33(2)3)31-22-13-11-19(12-14-22)17-28-25(34)21-9-6-10-23(15-21)30-26(35)20-7-4-5-8-20/h6,9-10,15-16,19-20,22H,4-5,7-8,11-14,17H2,1-3H3,(H,28,34)(H,30,35)(H,29,31,32). The highest BCUT2D eigenvalue weighted by Crippen LogP contribution is 2.27. The molecule has 4 rings (SSSR count). The van der Waals surface area contributed by atoms with Gasteiger partial charge in [-0.05, 0) is 69.6 Å². The Bertz CT molecular complexity index is 1030. The van der Waals surface area contributed by atoms with E-state index in [-0.39, 0.29) is 17.7 Å². The van der Waals surface area contributed by atoms with E-state index in [1.165, 1.54) is 0 Å². The minimum Gasteiger partial charge on any atom is -0.362 e. The summed E-state index contributed by atoms with van der Waals surface area (Å²) in [5, 5.41) is 9.56. The first kappa shape index (κ1) is 24.9. The number of aromatic nitrogens is 2. The Morgan fingerprint density at radius 3 is 2.51 bits per heavy atom. The van der Waals surface area contributed by atoms with Crippen molar-refractivity contribution in [2.75, 3.05) is 36.2 Å². The van der Waals surface area contributed by atoms with Gasteiger partial charge in [0.25, 0.3) is 5.91 Å². The van der Waals surface area contributed by atoms with Gasteiger partial charge in [-0.15, -0.1) is 0 Å². The Morgan fingerprint density at radius 1 is 1.06 bits per heavy atom. The van der Waals surface area contributed by atoms with Gasteiger partial charge in [0.1, 0.15) is 5.82 Å². The van der Waals surface area contributed by atoms with E-state index in [2.05, 4.69) is 25.9 Å². The first-order valence-corrected chi connectivity index (χ1v) is 12.9. The largest absolute Gasteiger partial charge is 0.362 e. The van der Waals surface area contributed by atoms with Gasteiger partial charge in [-0.25, -0.2) is 4.98 Å². The summed E-state index contributed by atoms with van der Waals surface area (Å²) in [6.07, 6.45) is 10.2. The molecule has 8 nitrogen and oxygen atoms in total. The van der Waals surface area contributed by atoms with Gasteiger partial charge in [-0.1, -0.05) is 18.9 Å². The minimum atomic E-state index is -0.0912. The molecule has 0 unspecified atom stereocenters. The number of carbonyl (C=O) groups is 2. The summed E-state index contributed by atoms with van der Waals surface area (Å²) in [6.45, 7) is 2.68. The maximum Gasteiger partial charge on any atom is 0.251 e. The van der Waals surface area contributed by atoms with Gasteiger partial charge in [-0.3, -0.25) is 9.59 Å². The molecule has 0 aliphatic heterocycles. The predicted octanol–water partition coefficient (Wildman–Crippen LogP) is 4.38. The quantitative estimate of drug-likeness (QED) is 0.521. The van der Waals surface area contributed by atoms with Crippen LogP contribution in [-0.4, -0.2) is 48.5 Å². The van der Waals surface area contributed by atoms with Crippen molar-refractivity contribution >= 4 is 29.3 Å². The van der Waals surface area contributed by atoms with Crippen LogP contribution in [0, 0.1) is 18.8 Å². The molecule has 0 saturated heterocycles. The number of carbonyl (C=O) groups excluding carboxylic acids is 2. The number of nitrogens with one attached hydrogen (secondary N) is 3. The van der Waals surface area contributed by atoms with Crippen molar-refractivity contribution in [3.05, 3.63) is 41.6 Å². The first-order chi connectivity index (χ1) is 16.9. The fraction of sp³-hybridized carbons (Fsp3) is 0.556. The molecule has 1 aromatic carbocycles. The predicted molar refractivity (Wildman–Crippen MR) is 140 cm³/mol. The lowest BCUT2D eigenvalue weighted by molar-refractivity contribution is -0.119. The highest BCUT2D eigenvalue weighted by molar-refractivity contribution is 5.97. The Balaban J connectivity index is 1.22. The third kappa shape index (κ3) is 6.71. The van der Waals surface area contributed by atoms with Crippen molar-refractivity contribution in [2.24, 2.45) is 11.8 Å². The molecule has 2 aliphatic rings. The highest BCUT2D eigenvalue weighted by atomic mass is 16.2. The SMILES string of the molecule is Cc1cnc(NC2CCC(CNC(=O)c3cccc(NC(=O)C4CCCC4)c3)CC2)nc1N(C)C. The van der Waals surface area contributed by atoms with Gasteiger partial charge in [-0.2, -0.15) is 4.98 Å². The van der Waals surface area contributed by atoms with E-state index < -0.39 is 0 Å².